The van der Waals surface area contributed by atoms with Gasteiger partial charge in [-0.3, -0.25) is 8.98 Å². The Balaban J connectivity index is 2.11. The molecule has 186 valence electrons. The zero-order valence-electron chi connectivity index (χ0n) is 19.6. The number of anilines is 1. The number of morpholine rings is 1. The normalized spacial score (nSPS) is 21.0. The molecular weight excluding hydrogens is 501 g/mol. The second-order valence-corrected chi connectivity index (χ2v) is 11.0. The second kappa shape index (κ2) is 10.8. The molecule has 0 radical (unpaired) electrons. The van der Waals surface area contributed by atoms with Gasteiger partial charge in [0.1, 0.15) is 17.4 Å². The van der Waals surface area contributed by atoms with Crippen molar-refractivity contribution < 1.29 is 26.9 Å². The SMILES string of the molecule is CC(=O)C1N(c2cccc(OC(C)C)c2)CCOC1(CCOS(C)(=O)=O)c1ccc(Cl)c(Cl)c1. The summed E-state index contributed by atoms with van der Waals surface area (Å²) in [5.74, 6) is 0.530. The summed E-state index contributed by atoms with van der Waals surface area (Å²) in [5, 5.41) is 0.663. The fourth-order valence-electron chi connectivity index (χ4n) is 4.32. The van der Waals surface area contributed by atoms with E-state index in [1.165, 1.54) is 6.92 Å². The molecule has 10 heteroatoms. The maximum Gasteiger partial charge on any atom is 0.264 e. The molecule has 1 aliphatic rings. The number of carbonyl (C=O) groups is 1. The van der Waals surface area contributed by atoms with Crippen molar-refractivity contribution in [2.45, 2.75) is 44.9 Å². The van der Waals surface area contributed by atoms with Crippen molar-refractivity contribution in [3.05, 3.63) is 58.1 Å². The highest BCUT2D eigenvalue weighted by molar-refractivity contribution is 7.85. The number of benzene rings is 2. The van der Waals surface area contributed by atoms with Crippen LogP contribution in [0, 0.1) is 0 Å². The van der Waals surface area contributed by atoms with Crippen LogP contribution in [-0.2, 0) is 29.4 Å². The highest BCUT2D eigenvalue weighted by atomic mass is 35.5. The first-order chi connectivity index (χ1) is 15.9. The number of halogens is 2. The van der Waals surface area contributed by atoms with Crippen LogP contribution in [0.3, 0.4) is 0 Å². The Kier molecular flexibility index (Phi) is 8.52. The Morgan fingerprint density at radius 1 is 1.21 bits per heavy atom. The van der Waals surface area contributed by atoms with E-state index in [2.05, 4.69) is 0 Å². The van der Waals surface area contributed by atoms with Crippen molar-refractivity contribution in [2.24, 2.45) is 0 Å². The Morgan fingerprint density at radius 3 is 2.56 bits per heavy atom. The van der Waals surface area contributed by atoms with Gasteiger partial charge >= 0.3 is 0 Å². The molecule has 3 rings (SSSR count). The predicted molar refractivity (Wildman–Crippen MR) is 134 cm³/mol. The quantitative estimate of drug-likeness (QED) is 0.430. The van der Waals surface area contributed by atoms with E-state index in [1.54, 1.807) is 18.2 Å². The van der Waals surface area contributed by atoms with E-state index in [4.69, 9.17) is 36.9 Å². The van der Waals surface area contributed by atoms with Gasteiger partial charge in [0.2, 0.25) is 0 Å². The molecule has 0 spiro atoms. The van der Waals surface area contributed by atoms with Crippen molar-refractivity contribution in [3.63, 3.8) is 0 Å². The van der Waals surface area contributed by atoms with Crippen molar-refractivity contribution in [1.29, 1.82) is 0 Å². The van der Waals surface area contributed by atoms with Crippen LogP contribution < -0.4 is 9.64 Å². The molecule has 2 aromatic rings. The molecule has 0 amide bonds. The minimum atomic E-state index is -3.69. The van der Waals surface area contributed by atoms with Crippen LogP contribution in [0.1, 0.15) is 32.8 Å². The van der Waals surface area contributed by atoms with Gasteiger partial charge in [0.15, 0.2) is 5.78 Å². The van der Waals surface area contributed by atoms with Crippen LogP contribution in [0.4, 0.5) is 5.69 Å². The molecule has 1 fully saturated rings. The van der Waals surface area contributed by atoms with Crippen LogP contribution in [0.15, 0.2) is 42.5 Å². The summed E-state index contributed by atoms with van der Waals surface area (Å²) in [6.45, 7) is 5.94. The standard InChI is InChI=1S/C24H29Cl2NO6S/c1-16(2)33-20-7-5-6-19(15-20)27-11-13-31-24(23(27)17(3)28,10-12-32-34(4,29)30)18-8-9-21(25)22(26)14-18/h5-9,14-16,23H,10-13H2,1-4H3. The lowest BCUT2D eigenvalue weighted by molar-refractivity contribution is -0.138. The highest BCUT2D eigenvalue weighted by Crippen LogP contribution is 2.43. The van der Waals surface area contributed by atoms with E-state index in [9.17, 15) is 13.2 Å². The van der Waals surface area contributed by atoms with E-state index in [0.29, 0.717) is 27.9 Å². The molecule has 34 heavy (non-hydrogen) atoms. The van der Waals surface area contributed by atoms with Gasteiger partial charge in [0.25, 0.3) is 10.1 Å². The third kappa shape index (κ3) is 6.23. The molecule has 0 bridgehead atoms. The van der Waals surface area contributed by atoms with Crippen molar-refractivity contribution in [3.8, 4) is 5.75 Å². The summed E-state index contributed by atoms with van der Waals surface area (Å²) in [4.78, 5) is 15.1. The number of rotatable bonds is 9. The summed E-state index contributed by atoms with van der Waals surface area (Å²) in [5.41, 5.74) is 0.173. The number of nitrogens with zero attached hydrogens (tertiary/aromatic N) is 1. The Morgan fingerprint density at radius 2 is 1.94 bits per heavy atom. The van der Waals surface area contributed by atoms with Gasteiger partial charge in [-0.2, -0.15) is 8.42 Å². The van der Waals surface area contributed by atoms with Gasteiger partial charge in [-0.25, -0.2) is 0 Å². The van der Waals surface area contributed by atoms with E-state index < -0.39 is 21.8 Å². The summed E-state index contributed by atoms with van der Waals surface area (Å²) in [6.07, 6.45) is 1.07. The zero-order valence-corrected chi connectivity index (χ0v) is 21.9. The third-order valence-electron chi connectivity index (χ3n) is 5.53. The number of carbonyl (C=O) groups excluding carboxylic acids is 1. The van der Waals surface area contributed by atoms with E-state index in [1.807, 2.05) is 43.0 Å². The Hall–Kier alpha value is -1.84. The summed E-state index contributed by atoms with van der Waals surface area (Å²) in [7, 11) is -3.69. The number of hydrogen-bond donors (Lipinski definition) is 0. The van der Waals surface area contributed by atoms with Crippen molar-refractivity contribution in [1.82, 2.24) is 0 Å². The molecule has 0 aliphatic carbocycles. The van der Waals surface area contributed by atoms with Gasteiger partial charge in [-0.05, 0) is 50.6 Å². The molecule has 0 saturated carbocycles. The highest BCUT2D eigenvalue weighted by Gasteiger charge is 2.50. The van der Waals surface area contributed by atoms with Crippen LogP contribution >= 0.6 is 23.2 Å². The molecule has 0 aromatic heterocycles. The van der Waals surface area contributed by atoms with Crippen molar-refractivity contribution in [2.75, 3.05) is 30.9 Å². The zero-order chi connectivity index (χ0) is 25.1. The van der Waals surface area contributed by atoms with Crippen LogP contribution in [0.25, 0.3) is 0 Å². The van der Waals surface area contributed by atoms with Gasteiger partial charge in [-0.1, -0.05) is 35.3 Å². The Bertz CT molecular complexity index is 1140. The number of hydrogen-bond acceptors (Lipinski definition) is 7. The predicted octanol–water partition coefficient (Wildman–Crippen LogP) is 4.84. The summed E-state index contributed by atoms with van der Waals surface area (Å²) < 4.78 is 40.5. The lowest BCUT2D eigenvalue weighted by atomic mass is 9.79. The fraction of sp³-hybridized carbons (Fsp3) is 0.458. The van der Waals surface area contributed by atoms with Crippen LogP contribution in [0.2, 0.25) is 10.0 Å². The lowest BCUT2D eigenvalue weighted by Gasteiger charge is -2.50. The molecule has 1 heterocycles. The molecule has 1 saturated heterocycles. The molecule has 7 nitrogen and oxygen atoms in total. The van der Waals surface area contributed by atoms with Gasteiger partial charge in [0, 0.05) is 24.7 Å². The first kappa shape index (κ1) is 26.8. The van der Waals surface area contributed by atoms with Crippen LogP contribution in [0.5, 0.6) is 5.75 Å². The maximum atomic E-state index is 13.2. The molecule has 0 N–H and O–H groups in total. The number of ketones is 1. The van der Waals surface area contributed by atoms with Gasteiger partial charge < -0.3 is 14.4 Å². The van der Waals surface area contributed by atoms with Crippen molar-refractivity contribution >= 4 is 44.8 Å². The van der Waals surface area contributed by atoms with E-state index >= 15 is 0 Å². The van der Waals surface area contributed by atoms with E-state index in [0.717, 1.165) is 11.9 Å². The first-order valence-electron chi connectivity index (χ1n) is 10.9. The third-order valence-corrected chi connectivity index (χ3v) is 6.86. The number of ether oxygens (including phenoxy) is 2. The van der Waals surface area contributed by atoms with E-state index in [-0.39, 0.29) is 31.5 Å². The minimum absolute atomic E-state index is 0.00742. The lowest BCUT2D eigenvalue weighted by Crippen LogP contribution is -2.61. The largest absolute Gasteiger partial charge is 0.491 e. The maximum absolute atomic E-state index is 13.2. The number of Topliss-reactive ketones (excluding diaryl/α,β-unsaturated/α-hetero) is 1. The molecule has 1 aliphatic heterocycles. The smallest absolute Gasteiger partial charge is 0.264 e. The average molecular weight is 530 g/mol. The average Bonchev–Trinajstić information content (AvgIpc) is 2.74. The molecular formula is C24H29Cl2NO6S. The van der Waals surface area contributed by atoms with Crippen LogP contribution in [-0.4, -0.2) is 52.4 Å². The van der Waals surface area contributed by atoms with Gasteiger partial charge in [0.05, 0.1) is 35.6 Å². The summed E-state index contributed by atoms with van der Waals surface area (Å²) >= 11 is 12.5. The summed E-state index contributed by atoms with van der Waals surface area (Å²) in [6, 6.07) is 11.8. The molecule has 2 unspecified atom stereocenters. The fourth-order valence-corrected chi connectivity index (χ4v) is 5.00. The monoisotopic (exact) mass is 529 g/mol. The Labute approximate surface area is 211 Å². The topological polar surface area (TPSA) is 82.1 Å². The van der Waals surface area contributed by atoms with Gasteiger partial charge in [-0.15, -0.1) is 0 Å². The second-order valence-electron chi connectivity index (χ2n) is 8.51. The minimum Gasteiger partial charge on any atom is -0.491 e. The molecule has 2 aromatic carbocycles. The molecule has 2 atom stereocenters. The first-order valence-corrected chi connectivity index (χ1v) is 13.5.